The van der Waals surface area contributed by atoms with Crippen molar-refractivity contribution < 1.29 is 26.5 Å². The highest BCUT2D eigenvalue weighted by Gasteiger charge is 2.67. The third-order valence-electron chi connectivity index (χ3n) is 8.05. The third kappa shape index (κ3) is 5.38. The van der Waals surface area contributed by atoms with Crippen molar-refractivity contribution in [1.29, 1.82) is 0 Å². The summed E-state index contributed by atoms with van der Waals surface area (Å²) in [7, 11) is -5.48. The molecule has 1 saturated heterocycles. The second kappa shape index (κ2) is 10.4. The number of aryl methyl sites for hydroxylation is 2. The van der Waals surface area contributed by atoms with E-state index in [1.54, 1.807) is 6.92 Å². The SMILES string of the molecule is Cc1cccc(COC[C@H]2O[C@@H](n3cc(C)c(=O)n(C)c3=O)[C@H](O[Si](C)(C)C(C)(C)C)[C@]23OS(=O)(=O)C=C3N)c1. The van der Waals surface area contributed by atoms with Crippen molar-refractivity contribution in [2.45, 2.75) is 83.4 Å². The minimum atomic E-state index is -4.20. The van der Waals surface area contributed by atoms with Crippen LogP contribution in [0.3, 0.4) is 0 Å². The van der Waals surface area contributed by atoms with Gasteiger partial charge in [0.2, 0.25) is 0 Å². The van der Waals surface area contributed by atoms with E-state index in [4.69, 9.17) is 23.8 Å². The molecule has 2 aliphatic heterocycles. The fourth-order valence-corrected chi connectivity index (χ4v) is 7.33. The first-order valence-corrected chi connectivity index (χ1v) is 17.5. The first-order valence-electron chi connectivity index (χ1n) is 13.1. The molecule has 40 heavy (non-hydrogen) atoms. The first-order chi connectivity index (χ1) is 18.4. The monoisotopic (exact) mass is 593 g/mol. The van der Waals surface area contributed by atoms with E-state index >= 15 is 0 Å². The zero-order valence-corrected chi connectivity index (χ0v) is 26.1. The van der Waals surface area contributed by atoms with E-state index in [9.17, 15) is 18.0 Å². The average molecular weight is 594 g/mol. The van der Waals surface area contributed by atoms with E-state index in [-0.39, 0.29) is 23.9 Å². The largest absolute Gasteiger partial charge is 0.406 e. The van der Waals surface area contributed by atoms with Crippen LogP contribution in [-0.4, -0.2) is 50.3 Å². The molecular weight excluding hydrogens is 554 g/mol. The van der Waals surface area contributed by atoms with Gasteiger partial charge in [0.25, 0.3) is 15.7 Å². The van der Waals surface area contributed by atoms with Crippen LogP contribution in [0.25, 0.3) is 0 Å². The Balaban J connectivity index is 1.84. The van der Waals surface area contributed by atoms with Gasteiger partial charge in [0.05, 0.1) is 24.3 Å². The zero-order chi connectivity index (χ0) is 29.8. The molecule has 11 nitrogen and oxygen atoms in total. The maximum absolute atomic E-state index is 13.4. The lowest BCUT2D eigenvalue weighted by Gasteiger charge is -2.43. The van der Waals surface area contributed by atoms with E-state index in [2.05, 4.69) is 0 Å². The Bertz CT molecular complexity index is 1560. The molecule has 0 bridgehead atoms. The minimum Gasteiger partial charge on any atom is -0.406 e. The Hall–Kier alpha value is -2.55. The second-order valence-corrected chi connectivity index (χ2v) is 18.3. The maximum atomic E-state index is 13.4. The van der Waals surface area contributed by atoms with Crippen molar-refractivity contribution >= 4 is 18.4 Å². The fraction of sp³-hybridized carbons (Fsp3) is 0.556. The molecule has 2 aliphatic rings. The van der Waals surface area contributed by atoms with E-state index in [1.165, 1.54) is 17.8 Å². The molecule has 0 amide bonds. The van der Waals surface area contributed by atoms with Gasteiger partial charge in [0.1, 0.15) is 12.2 Å². The van der Waals surface area contributed by atoms with Gasteiger partial charge in [0.15, 0.2) is 20.1 Å². The predicted molar refractivity (Wildman–Crippen MR) is 153 cm³/mol. The Morgan fingerprint density at radius 1 is 1.18 bits per heavy atom. The van der Waals surface area contributed by atoms with Crippen molar-refractivity contribution in [3.05, 3.63) is 79.1 Å². The topological polar surface area (TPSA) is 141 Å². The highest BCUT2D eigenvalue weighted by Crippen LogP contribution is 2.51. The molecule has 2 aromatic rings. The van der Waals surface area contributed by atoms with Crippen molar-refractivity contribution in [1.82, 2.24) is 9.13 Å². The number of benzene rings is 1. The number of nitrogens with zero attached hydrogens (tertiary/aromatic N) is 2. The van der Waals surface area contributed by atoms with E-state index in [0.717, 1.165) is 21.1 Å². The van der Waals surface area contributed by atoms with Gasteiger partial charge in [-0.3, -0.25) is 13.9 Å². The molecule has 1 spiro atoms. The zero-order valence-electron chi connectivity index (χ0n) is 24.3. The third-order valence-corrected chi connectivity index (χ3v) is 13.6. The lowest BCUT2D eigenvalue weighted by molar-refractivity contribution is -0.0783. The number of hydrogen-bond donors (Lipinski definition) is 1. The highest BCUT2D eigenvalue weighted by molar-refractivity contribution is 7.90. The van der Waals surface area contributed by atoms with Crippen LogP contribution in [0.4, 0.5) is 0 Å². The molecule has 0 aliphatic carbocycles. The lowest BCUT2D eigenvalue weighted by Crippen LogP contribution is -2.58. The Labute approximate surface area is 235 Å². The standard InChI is InChI=1S/C27H39N3O8SSi/c1-17-10-9-11-19(12-17)14-35-15-21-27(20(28)16-39(33,34)38-27)22(37-40(7,8)26(3,4)5)24(36-21)30-13-18(2)23(31)29(6)25(30)32/h9-13,16,21-22,24H,14-15,28H2,1-8H3/t21-,22+,24-,27-/m1/s1. The van der Waals surface area contributed by atoms with Gasteiger partial charge in [-0.25, -0.2) is 8.98 Å². The van der Waals surface area contributed by atoms with Crippen molar-refractivity contribution in [2.75, 3.05) is 6.61 Å². The smallest absolute Gasteiger partial charge is 0.332 e. The predicted octanol–water partition coefficient (Wildman–Crippen LogP) is 2.57. The molecule has 0 radical (unpaired) electrons. The average Bonchev–Trinajstić information content (AvgIpc) is 3.26. The maximum Gasteiger partial charge on any atom is 0.332 e. The molecule has 220 valence electrons. The quantitative estimate of drug-likeness (QED) is 0.379. The van der Waals surface area contributed by atoms with Crippen LogP contribution >= 0.6 is 0 Å². The van der Waals surface area contributed by atoms with E-state index in [1.807, 2.05) is 65.1 Å². The Morgan fingerprint density at radius 2 is 1.85 bits per heavy atom. The summed E-state index contributed by atoms with van der Waals surface area (Å²) < 4.78 is 52.9. The second-order valence-electron chi connectivity index (χ2n) is 12.1. The van der Waals surface area contributed by atoms with Crippen LogP contribution in [0, 0.1) is 13.8 Å². The van der Waals surface area contributed by atoms with E-state index < -0.39 is 53.7 Å². The molecular formula is C27H39N3O8SSi. The molecule has 1 aromatic carbocycles. The van der Waals surface area contributed by atoms with Gasteiger partial charge in [-0.15, -0.1) is 0 Å². The summed E-state index contributed by atoms with van der Waals surface area (Å²) in [5.41, 5.74) is 5.73. The molecule has 0 unspecified atom stereocenters. The summed E-state index contributed by atoms with van der Waals surface area (Å²) in [6.45, 7) is 13.8. The number of rotatable bonds is 7. The Kier molecular flexibility index (Phi) is 7.88. The summed E-state index contributed by atoms with van der Waals surface area (Å²) >= 11 is 0. The first kappa shape index (κ1) is 30.4. The molecule has 4 atom stereocenters. The van der Waals surface area contributed by atoms with Crippen LogP contribution in [0.1, 0.15) is 43.7 Å². The van der Waals surface area contributed by atoms with Crippen molar-refractivity contribution in [3.63, 3.8) is 0 Å². The van der Waals surface area contributed by atoms with Crippen LogP contribution in [0.2, 0.25) is 18.1 Å². The molecule has 2 N–H and O–H groups in total. The number of hydrogen-bond acceptors (Lipinski definition) is 9. The number of aromatic nitrogens is 2. The van der Waals surface area contributed by atoms with Crippen molar-refractivity contribution in [3.8, 4) is 0 Å². The van der Waals surface area contributed by atoms with Crippen LogP contribution in [0.15, 0.2) is 51.2 Å². The Morgan fingerprint density at radius 3 is 2.42 bits per heavy atom. The number of ether oxygens (including phenoxy) is 2. The van der Waals surface area contributed by atoms with Gasteiger partial charge in [0, 0.05) is 18.8 Å². The highest BCUT2D eigenvalue weighted by atomic mass is 32.2. The van der Waals surface area contributed by atoms with Crippen LogP contribution in [-0.2, 0) is 41.9 Å². The van der Waals surface area contributed by atoms with Gasteiger partial charge in [-0.05, 0) is 37.5 Å². The molecule has 1 fully saturated rings. The summed E-state index contributed by atoms with van der Waals surface area (Å²) in [6, 6.07) is 7.79. The molecule has 13 heteroatoms. The summed E-state index contributed by atoms with van der Waals surface area (Å²) in [5, 5.41) is 0.571. The normalized spacial score (nSPS) is 26.4. The van der Waals surface area contributed by atoms with Gasteiger partial charge in [-0.1, -0.05) is 50.6 Å². The van der Waals surface area contributed by atoms with Crippen molar-refractivity contribution in [2.24, 2.45) is 12.8 Å². The lowest BCUT2D eigenvalue weighted by atomic mass is 9.89. The molecule has 4 rings (SSSR count). The van der Waals surface area contributed by atoms with E-state index in [0.29, 0.717) is 5.56 Å². The summed E-state index contributed by atoms with van der Waals surface area (Å²) in [6.07, 6.45) is -1.98. The van der Waals surface area contributed by atoms with Gasteiger partial charge >= 0.3 is 5.69 Å². The molecule has 1 aromatic heterocycles. The summed E-state index contributed by atoms with van der Waals surface area (Å²) in [4.78, 5) is 25.8. The van der Waals surface area contributed by atoms with Crippen LogP contribution < -0.4 is 17.0 Å². The molecule has 3 heterocycles. The summed E-state index contributed by atoms with van der Waals surface area (Å²) in [5.74, 6) is 0. The fourth-order valence-electron chi connectivity index (χ4n) is 4.83. The minimum absolute atomic E-state index is 0.0996. The van der Waals surface area contributed by atoms with Gasteiger partial charge in [-0.2, -0.15) is 8.42 Å². The molecule has 0 saturated carbocycles. The van der Waals surface area contributed by atoms with Gasteiger partial charge < -0.3 is 19.6 Å². The van der Waals surface area contributed by atoms with Crippen LogP contribution in [0.5, 0.6) is 0 Å². The number of nitrogens with two attached hydrogens (primary N) is 1.